The van der Waals surface area contributed by atoms with Crippen molar-refractivity contribution in [1.29, 1.82) is 0 Å². The molecule has 6 aromatic carbocycles. The predicted octanol–water partition coefficient (Wildman–Crippen LogP) is 8.23. The first kappa shape index (κ1) is 51.3. The number of aromatic nitrogens is 4. The van der Waals surface area contributed by atoms with E-state index >= 15 is 0 Å². The molecule has 1 aliphatic rings. The van der Waals surface area contributed by atoms with E-state index in [2.05, 4.69) is 55.2 Å². The van der Waals surface area contributed by atoms with Crippen LogP contribution >= 0.6 is 0 Å². The molecule has 0 saturated heterocycles. The zero-order chi connectivity index (χ0) is 52.5. The summed E-state index contributed by atoms with van der Waals surface area (Å²) in [4.78, 5) is 63.4. The second kappa shape index (κ2) is 23.1. The van der Waals surface area contributed by atoms with E-state index in [9.17, 15) is 24.3 Å². The van der Waals surface area contributed by atoms with Crippen LogP contribution in [0.25, 0.3) is 22.3 Å². The van der Waals surface area contributed by atoms with Crippen molar-refractivity contribution in [2.75, 3.05) is 39.3 Å². The van der Waals surface area contributed by atoms with Gasteiger partial charge in [0.1, 0.15) is 36.0 Å². The number of H-pyrrole nitrogens is 1. The minimum Gasteiger partial charge on any atom is -0.497 e. The average Bonchev–Trinajstić information content (AvgIpc) is 4.02. The summed E-state index contributed by atoms with van der Waals surface area (Å²) in [6, 6.07) is 47.9. The Morgan fingerprint density at radius 2 is 1.33 bits per heavy atom. The van der Waals surface area contributed by atoms with Crippen LogP contribution in [0.5, 0.6) is 11.5 Å². The quantitative estimate of drug-likeness (QED) is 0.0430. The van der Waals surface area contributed by atoms with Crippen LogP contribution in [0, 0.1) is 0 Å². The molecule has 0 bridgehead atoms. The van der Waals surface area contributed by atoms with Crippen LogP contribution in [0.3, 0.4) is 0 Å². The molecule has 2 aromatic heterocycles. The lowest BCUT2D eigenvalue weighted by molar-refractivity contribution is -0.140. The smallest absolute Gasteiger partial charge is 0.407 e. The maximum absolute atomic E-state index is 13.2. The maximum Gasteiger partial charge on any atom is 0.407 e. The van der Waals surface area contributed by atoms with Crippen molar-refractivity contribution in [1.82, 2.24) is 30.2 Å². The van der Waals surface area contributed by atoms with Gasteiger partial charge in [-0.05, 0) is 94.8 Å². The Morgan fingerprint density at radius 1 is 0.747 bits per heavy atom. The molecule has 3 atom stereocenters. The Balaban J connectivity index is 0.792. The number of aromatic amines is 1. The fourth-order valence-electron chi connectivity index (χ4n) is 9.33. The number of methoxy groups -OCH3 is 2. The third-order valence-corrected chi connectivity index (χ3v) is 13.3. The molecule has 8 aromatic rings. The SMILES string of the molecule is COc1ccc(C(OC[C@@H](OC(C)n2cnc3c(=O)[nH]c(NC(=O)CCNC(=O)c4ccc(CNC(=O)OCC5c6ccccc6-c6ccccc65)cc4)nc32)C(C)O)(c2ccccc2)c2ccc(OC)cc2)cc1. The summed E-state index contributed by atoms with van der Waals surface area (Å²) < 4.78 is 31.6. The standard InChI is InChI=1S/C58H57N7O10/c1-36(66)50(34-74-58(40-12-6-5-7-13-40,41-22-26-43(71-3)27-23-41)42-24-28-44(72-4)29-25-42)75-37(2)65-35-61-52-53(65)63-56(64-55(52)69)62-51(67)30-31-59-54(68)39-20-18-38(19-21-39)32-60-57(70)73-33-49-47-16-10-8-14-45(47)46-15-9-11-17-48(46)49/h5-29,35-37,49-50,66H,30-34H2,1-4H3,(H,59,68)(H,60,70)(H2,62,63,64,67,69)/t36?,37?,50-/m1/s1. The lowest BCUT2D eigenvalue weighted by Crippen LogP contribution is -2.40. The van der Waals surface area contributed by atoms with Gasteiger partial charge in [-0.3, -0.25) is 29.3 Å². The number of imidazole rings is 1. The molecule has 2 heterocycles. The molecule has 0 fully saturated rings. The van der Waals surface area contributed by atoms with Crippen molar-refractivity contribution in [2.45, 2.75) is 56.8 Å². The molecular formula is C58H57N7O10. The molecular weight excluding hydrogens is 955 g/mol. The molecule has 9 rings (SSSR count). The van der Waals surface area contributed by atoms with Gasteiger partial charge < -0.3 is 39.4 Å². The Morgan fingerprint density at radius 3 is 1.93 bits per heavy atom. The van der Waals surface area contributed by atoms with E-state index in [1.54, 1.807) is 52.3 Å². The minimum atomic E-state index is -1.19. The van der Waals surface area contributed by atoms with Crippen LogP contribution in [0.15, 0.2) is 163 Å². The minimum absolute atomic E-state index is 0.00157. The first-order valence-electron chi connectivity index (χ1n) is 24.5. The molecule has 0 radical (unpaired) electrons. The second-order valence-corrected chi connectivity index (χ2v) is 18.0. The molecule has 75 heavy (non-hydrogen) atoms. The number of alkyl carbamates (subject to hydrolysis) is 1. The van der Waals surface area contributed by atoms with Crippen LogP contribution in [0.4, 0.5) is 10.7 Å². The van der Waals surface area contributed by atoms with E-state index in [4.69, 9.17) is 23.7 Å². The van der Waals surface area contributed by atoms with Crippen LogP contribution in [0.2, 0.25) is 0 Å². The van der Waals surface area contributed by atoms with Gasteiger partial charge in [0.15, 0.2) is 11.2 Å². The van der Waals surface area contributed by atoms with Gasteiger partial charge in [-0.2, -0.15) is 4.98 Å². The number of hydrogen-bond donors (Lipinski definition) is 5. The molecule has 5 N–H and O–H groups in total. The van der Waals surface area contributed by atoms with E-state index in [0.717, 1.165) is 44.5 Å². The van der Waals surface area contributed by atoms with E-state index in [0.29, 0.717) is 17.1 Å². The summed E-state index contributed by atoms with van der Waals surface area (Å²) in [5, 5.41) is 19.3. The average molecular weight is 1010 g/mol. The number of nitrogens with zero attached hydrogens (tertiary/aromatic N) is 3. The summed E-state index contributed by atoms with van der Waals surface area (Å²) in [5.74, 6) is 0.218. The highest BCUT2D eigenvalue weighted by atomic mass is 16.6. The van der Waals surface area contributed by atoms with Gasteiger partial charge >= 0.3 is 6.09 Å². The number of hydrogen-bond acceptors (Lipinski definition) is 12. The van der Waals surface area contributed by atoms with Crippen molar-refractivity contribution in [3.05, 3.63) is 207 Å². The van der Waals surface area contributed by atoms with E-state index < -0.39 is 47.5 Å². The van der Waals surface area contributed by atoms with Crippen molar-refractivity contribution >= 4 is 35.0 Å². The highest BCUT2D eigenvalue weighted by Gasteiger charge is 2.39. The summed E-state index contributed by atoms with van der Waals surface area (Å²) in [5.41, 5.74) is 6.40. The number of rotatable bonds is 21. The van der Waals surface area contributed by atoms with Crippen LogP contribution in [0.1, 0.15) is 76.2 Å². The predicted molar refractivity (Wildman–Crippen MR) is 282 cm³/mol. The fourth-order valence-corrected chi connectivity index (χ4v) is 9.33. The number of ether oxygens (including phenoxy) is 5. The molecule has 0 saturated carbocycles. The first-order chi connectivity index (χ1) is 36.4. The van der Waals surface area contributed by atoms with Gasteiger partial charge in [0, 0.05) is 31.0 Å². The monoisotopic (exact) mass is 1010 g/mol. The van der Waals surface area contributed by atoms with Gasteiger partial charge in [0.2, 0.25) is 11.9 Å². The number of aliphatic hydroxyl groups is 1. The summed E-state index contributed by atoms with van der Waals surface area (Å²) in [6.07, 6.45) is -2.07. The van der Waals surface area contributed by atoms with Gasteiger partial charge in [0.05, 0.1) is 33.3 Å². The lowest BCUT2D eigenvalue weighted by Gasteiger charge is -2.38. The van der Waals surface area contributed by atoms with Gasteiger partial charge in [0.25, 0.3) is 11.5 Å². The molecule has 1 aliphatic carbocycles. The molecule has 0 aliphatic heterocycles. The summed E-state index contributed by atoms with van der Waals surface area (Å²) in [6.45, 7) is 3.60. The Labute approximate surface area is 432 Å². The number of fused-ring (bicyclic) bond motifs is 4. The van der Waals surface area contributed by atoms with Crippen LogP contribution in [-0.4, -0.2) is 88.7 Å². The molecule has 0 spiro atoms. The molecule has 3 amide bonds. The highest BCUT2D eigenvalue weighted by Crippen LogP contribution is 2.45. The van der Waals surface area contributed by atoms with Gasteiger partial charge in [-0.1, -0.05) is 115 Å². The molecule has 384 valence electrons. The van der Waals surface area contributed by atoms with E-state index in [1.807, 2.05) is 103 Å². The zero-order valence-corrected chi connectivity index (χ0v) is 41.8. The number of anilines is 1. The zero-order valence-electron chi connectivity index (χ0n) is 41.8. The van der Waals surface area contributed by atoms with Gasteiger partial charge in [-0.15, -0.1) is 0 Å². The van der Waals surface area contributed by atoms with Crippen LogP contribution < -0.4 is 31.0 Å². The summed E-state index contributed by atoms with van der Waals surface area (Å²) >= 11 is 0. The Bertz CT molecular complexity index is 3230. The van der Waals surface area contributed by atoms with E-state index in [1.165, 1.54) is 10.9 Å². The second-order valence-electron chi connectivity index (χ2n) is 18.0. The molecule has 17 heteroatoms. The van der Waals surface area contributed by atoms with Crippen molar-refractivity contribution < 1.29 is 43.2 Å². The number of carbonyl (C=O) groups excluding carboxylic acids is 3. The molecule has 17 nitrogen and oxygen atoms in total. The largest absolute Gasteiger partial charge is 0.497 e. The number of benzene rings is 6. The number of aliphatic hydroxyl groups excluding tert-OH is 1. The maximum atomic E-state index is 13.2. The van der Waals surface area contributed by atoms with Crippen molar-refractivity contribution in [3.8, 4) is 22.6 Å². The Kier molecular flexibility index (Phi) is 15.8. The topological polar surface area (TPSA) is 217 Å². The van der Waals surface area contributed by atoms with Crippen LogP contribution in [-0.2, 0) is 31.2 Å². The Hall–Kier alpha value is -8.64. The fraction of sp³-hybridized carbons (Fsp3) is 0.241. The highest BCUT2D eigenvalue weighted by molar-refractivity contribution is 5.95. The third-order valence-electron chi connectivity index (χ3n) is 13.3. The molecule has 2 unspecified atom stereocenters. The number of amides is 3. The number of carbonyl (C=O) groups is 3. The lowest BCUT2D eigenvalue weighted by atomic mass is 9.80. The van der Waals surface area contributed by atoms with Crippen molar-refractivity contribution in [2.24, 2.45) is 0 Å². The third kappa shape index (κ3) is 11.3. The number of nitrogens with one attached hydrogen (secondary N) is 4. The van der Waals surface area contributed by atoms with E-state index in [-0.39, 0.29) is 55.8 Å². The summed E-state index contributed by atoms with van der Waals surface area (Å²) in [7, 11) is 3.20. The van der Waals surface area contributed by atoms with Crippen molar-refractivity contribution in [3.63, 3.8) is 0 Å². The first-order valence-corrected chi connectivity index (χ1v) is 24.5. The van der Waals surface area contributed by atoms with Gasteiger partial charge in [-0.25, -0.2) is 9.78 Å². The normalized spacial score (nSPS) is 13.2.